The molecular weight excluding hydrogens is 278 g/mol. The standard InChI is InChI=1S/C14H23N3O2.ClH/c15-12-5-7-17(9-12)14(19)11-2-1-6-16(8-11)13(18)10-3-4-10;/h10-12H,1-9,15H2;1H/t11?,12-;/m1./s1. The zero-order chi connectivity index (χ0) is 13.4. The van der Waals surface area contributed by atoms with Crippen molar-refractivity contribution >= 4 is 24.2 Å². The molecule has 114 valence electrons. The summed E-state index contributed by atoms with van der Waals surface area (Å²) in [4.78, 5) is 28.3. The lowest BCUT2D eigenvalue weighted by molar-refractivity contribution is -0.140. The molecule has 3 aliphatic rings. The van der Waals surface area contributed by atoms with E-state index in [0.717, 1.165) is 45.2 Å². The van der Waals surface area contributed by atoms with Gasteiger partial charge < -0.3 is 15.5 Å². The first-order valence-corrected chi connectivity index (χ1v) is 7.48. The van der Waals surface area contributed by atoms with Crippen molar-refractivity contribution in [1.82, 2.24) is 9.80 Å². The monoisotopic (exact) mass is 301 g/mol. The quantitative estimate of drug-likeness (QED) is 0.813. The molecule has 2 saturated heterocycles. The summed E-state index contributed by atoms with van der Waals surface area (Å²) in [5, 5.41) is 0. The van der Waals surface area contributed by atoms with Crippen LogP contribution in [0.1, 0.15) is 32.1 Å². The Balaban J connectivity index is 0.00000147. The van der Waals surface area contributed by atoms with Crippen LogP contribution in [0.4, 0.5) is 0 Å². The molecule has 3 fully saturated rings. The third kappa shape index (κ3) is 3.26. The van der Waals surface area contributed by atoms with Gasteiger partial charge in [0.15, 0.2) is 0 Å². The average Bonchev–Trinajstić information content (AvgIpc) is 3.19. The number of rotatable bonds is 2. The molecule has 2 aliphatic heterocycles. The van der Waals surface area contributed by atoms with Gasteiger partial charge in [0, 0.05) is 38.1 Å². The second-order valence-corrected chi connectivity index (χ2v) is 6.23. The molecule has 20 heavy (non-hydrogen) atoms. The largest absolute Gasteiger partial charge is 0.342 e. The number of piperidine rings is 1. The van der Waals surface area contributed by atoms with E-state index >= 15 is 0 Å². The van der Waals surface area contributed by atoms with Gasteiger partial charge in [-0.1, -0.05) is 0 Å². The number of carbonyl (C=O) groups excluding carboxylic acids is 2. The first kappa shape index (κ1) is 15.6. The number of hydrogen-bond acceptors (Lipinski definition) is 3. The van der Waals surface area contributed by atoms with Crippen LogP contribution in [0.5, 0.6) is 0 Å². The third-order valence-electron chi connectivity index (χ3n) is 4.55. The summed E-state index contributed by atoms with van der Waals surface area (Å²) in [6, 6.07) is 0.136. The van der Waals surface area contributed by atoms with E-state index in [0.29, 0.717) is 13.1 Å². The summed E-state index contributed by atoms with van der Waals surface area (Å²) in [5.41, 5.74) is 5.86. The van der Waals surface area contributed by atoms with Crippen molar-refractivity contribution in [3.05, 3.63) is 0 Å². The maximum atomic E-state index is 12.4. The van der Waals surface area contributed by atoms with Gasteiger partial charge >= 0.3 is 0 Å². The molecule has 1 saturated carbocycles. The molecule has 1 unspecified atom stereocenters. The fourth-order valence-corrected chi connectivity index (χ4v) is 3.21. The Kier molecular flexibility index (Phi) is 4.91. The summed E-state index contributed by atoms with van der Waals surface area (Å²) in [5.74, 6) is 0.743. The van der Waals surface area contributed by atoms with Crippen LogP contribution in [0, 0.1) is 11.8 Å². The Morgan fingerprint density at radius 3 is 2.10 bits per heavy atom. The highest BCUT2D eigenvalue weighted by atomic mass is 35.5. The number of halogens is 1. The van der Waals surface area contributed by atoms with E-state index in [1.54, 1.807) is 0 Å². The highest BCUT2D eigenvalue weighted by Crippen LogP contribution is 2.32. The van der Waals surface area contributed by atoms with Crippen molar-refractivity contribution in [2.24, 2.45) is 17.6 Å². The second kappa shape index (κ2) is 6.31. The van der Waals surface area contributed by atoms with E-state index < -0.39 is 0 Å². The molecule has 0 aromatic heterocycles. The predicted octanol–water partition coefficient (Wildman–Crippen LogP) is 0.616. The Hall–Kier alpha value is -0.810. The number of carbonyl (C=O) groups is 2. The Bertz CT molecular complexity index is 387. The SMILES string of the molecule is Cl.N[C@@H]1CCN(C(=O)C2CCCN(C(=O)C3CC3)C2)C1. The molecule has 2 amide bonds. The van der Waals surface area contributed by atoms with Gasteiger partial charge in [-0.15, -0.1) is 12.4 Å². The van der Waals surface area contributed by atoms with E-state index in [1.165, 1.54) is 0 Å². The highest BCUT2D eigenvalue weighted by Gasteiger charge is 2.38. The van der Waals surface area contributed by atoms with Gasteiger partial charge in [0.1, 0.15) is 0 Å². The average molecular weight is 302 g/mol. The molecule has 2 atom stereocenters. The molecule has 0 radical (unpaired) electrons. The fraction of sp³-hybridized carbons (Fsp3) is 0.857. The van der Waals surface area contributed by atoms with Gasteiger partial charge in [0.25, 0.3) is 0 Å². The molecule has 0 spiro atoms. The van der Waals surface area contributed by atoms with Crippen LogP contribution in [-0.2, 0) is 9.59 Å². The van der Waals surface area contributed by atoms with Crippen molar-refractivity contribution in [2.75, 3.05) is 26.2 Å². The lowest BCUT2D eigenvalue weighted by atomic mass is 9.96. The first-order valence-electron chi connectivity index (χ1n) is 7.48. The molecule has 2 heterocycles. The Morgan fingerprint density at radius 2 is 1.50 bits per heavy atom. The van der Waals surface area contributed by atoms with Crippen molar-refractivity contribution < 1.29 is 9.59 Å². The summed E-state index contributed by atoms with van der Waals surface area (Å²) < 4.78 is 0. The van der Waals surface area contributed by atoms with Gasteiger partial charge in [0.05, 0.1) is 5.92 Å². The smallest absolute Gasteiger partial charge is 0.227 e. The van der Waals surface area contributed by atoms with E-state index in [2.05, 4.69) is 0 Å². The van der Waals surface area contributed by atoms with Gasteiger partial charge in [0.2, 0.25) is 11.8 Å². The van der Waals surface area contributed by atoms with E-state index in [1.807, 2.05) is 9.80 Å². The Morgan fingerprint density at radius 1 is 0.850 bits per heavy atom. The van der Waals surface area contributed by atoms with Crippen LogP contribution >= 0.6 is 12.4 Å². The minimum absolute atomic E-state index is 0. The van der Waals surface area contributed by atoms with Crippen LogP contribution in [0.3, 0.4) is 0 Å². The predicted molar refractivity (Wildman–Crippen MR) is 78.4 cm³/mol. The van der Waals surface area contributed by atoms with Gasteiger partial charge in [-0.05, 0) is 32.1 Å². The van der Waals surface area contributed by atoms with Crippen LogP contribution in [0.15, 0.2) is 0 Å². The summed E-state index contributed by atoms with van der Waals surface area (Å²) in [7, 11) is 0. The maximum Gasteiger partial charge on any atom is 0.227 e. The fourth-order valence-electron chi connectivity index (χ4n) is 3.21. The maximum absolute atomic E-state index is 12.4. The van der Waals surface area contributed by atoms with E-state index in [-0.39, 0.29) is 42.1 Å². The van der Waals surface area contributed by atoms with Crippen molar-refractivity contribution in [3.8, 4) is 0 Å². The van der Waals surface area contributed by atoms with E-state index in [4.69, 9.17) is 5.73 Å². The molecular formula is C14H24ClN3O2. The summed E-state index contributed by atoms with van der Waals surface area (Å²) >= 11 is 0. The lowest BCUT2D eigenvalue weighted by Crippen LogP contribution is -2.47. The molecule has 1 aliphatic carbocycles. The highest BCUT2D eigenvalue weighted by molar-refractivity contribution is 5.85. The number of hydrogen-bond donors (Lipinski definition) is 1. The minimum Gasteiger partial charge on any atom is -0.342 e. The zero-order valence-electron chi connectivity index (χ0n) is 11.8. The molecule has 2 N–H and O–H groups in total. The van der Waals surface area contributed by atoms with Crippen LogP contribution < -0.4 is 5.73 Å². The number of nitrogens with two attached hydrogens (primary N) is 1. The third-order valence-corrected chi connectivity index (χ3v) is 4.55. The summed E-state index contributed by atoms with van der Waals surface area (Å²) in [6.45, 7) is 2.93. The van der Waals surface area contributed by atoms with Gasteiger partial charge in [-0.3, -0.25) is 9.59 Å². The molecule has 0 aromatic rings. The topological polar surface area (TPSA) is 66.6 Å². The number of nitrogens with zero attached hydrogens (tertiary/aromatic N) is 2. The van der Waals surface area contributed by atoms with Crippen LogP contribution in [-0.4, -0.2) is 53.8 Å². The normalized spacial score (nSPS) is 30.1. The van der Waals surface area contributed by atoms with Crippen molar-refractivity contribution in [1.29, 1.82) is 0 Å². The van der Waals surface area contributed by atoms with Crippen LogP contribution in [0.2, 0.25) is 0 Å². The molecule has 5 nitrogen and oxygen atoms in total. The Labute approximate surface area is 126 Å². The van der Waals surface area contributed by atoms with Crippen molar-refractivity contribution in [3.63, 3.8) is 0 Å². The number of amides is 2. The van der Waals surface area contributed by atoms with Gasteiger partial charge in [-0.2, -0.15) is 0 Å². The minimum atomic E-state index is 0. The number of likely N-dealkylation sites (tertiary alicyclic amines) is 2. The molecule has 3 rings (SSSR count). The van der Waals surface area contributed by atoms with Crippen molar-refractivity contribution in [2.45, 2.75) is 38.1 Å². The lowest BCUT2D eigenvalue weighted by Gasteiger charge is -2.34. The van der Waals surface area contributed by atoms with E-state index in [9.17, 15) is 9.59 Å². The molecule has 0 aromatic carbocycles. The van der Waals surface area contributed by atoms with Crippen LogP contribution in [0.25, 0.3) is 0 Å². The molecule has 6 heteroatoms. The first-order chi connectivity index (χ1) is 9.15. The second-order valence-electron chi connectivity index (χ2n) is 6.23. The molecule has 0 bridgehead atoms. The zero-order valence-corrected chi connectivity index (χ0v) is 12.6. The summed E-state index contributed by atoms with van der Waals surface area (Å²) in [6.07, 6.45) is 4.85. The van der Waals surface area contributed by atoms with Gasteiger partial charge in [-0.25, -0.2) is 0 Å².